The second-order valence-corrected chi connectivity index (χ2v) is 10.2. The lowest BCUT2D eigenvalue weighted by Crippen LogP contribution is -2.51. The quantitative estimate of drug-likeness (QED) is 0.292. The number of non-ortho nitro benzene ring substituents is 1. The van der Waals surface area contributed by atoms with E-state index >= 15 is 0 Å². The van der Waals surface area contributed by atoms with Gasteiger partial charge in [0.05, 0.1) is 15.5 Å². The molecule has 38 heavy (non-hydrogen) atoms. The third-order valence-corrected chi connectivity index (χ3v) is 7.51. The molecule has 1 N–H and O–H groups in total. The Morgan fingerprint density at radius 1 is 1.03 bits per heavy atom. The van der Waals surface area contributed by atoms with Crippen LogP contribution in [0.15, 0.2) is 83.8 Å². The fourth-order valence-electron chi connectivity index (χ4n) is 3.70. The first-order chi connectivity index (χ1) is 18.0. The second kappa shape index (κ2) is 12.3. The monoisotopic (exact) mass is 542 g/mol. The number of anilines is 1. The van der Waals surface area contributed by atoms with Crippen molar-refractivity contribution in [3.63, 3.8) is 0 Å². The van der Waals surface area contributed by atoms with Gasteiger partial charge >= 0.3 is 0 Å². The molecule has 0 spiro atoms. The number of nitrogens with one attached hydrogen (secondary N) is 1. The van der Waals surface area contributed by atoms with Gasteiger partial charge in [-0.2, -0.15) is 0 Å². The van der Waals surface area contributed by atoms with E-state index in [1.807, 2.05) is 0 Å². The number of likely N-dealkylation sites (N-methyl/N-ethyl adjacent to an activating group) is 1. The average molecular weight is 543 g/mol. The highest BCUT2D eigenvalue weighted by Gasteiger charge is 2.33. The maximum absolute atomic E-state index is 13.7. The molecule has 0 aromatic heterocycles. The lowest BCUT2D eigenvalue weighted by molar-refractivity contribution is -0.384. The summed E-state index contributed by atoms with van der Waals surface area (Å²) in [6.45, 7) is 2.67. The predicted octanol–water partition coefficient (Wildman–Crippen LogP) is 3.48. The van der Waals surface area contributed by atoms with Crippen LogP contribution in [-0.4, -0.2) is 49.2 Å². The molecule has 0 radical (unpaired) electrons. The van der Waals surface area contributed by atoms with Crippen LogP contribution in [0.3, 0.4) is 0 Å². The summed E-state index contributed by atoms with van der Waals surface area (Å²) in [6.07, 6.45) is 0. The summed E-state index contributed by atoms with van der Waals surface area (Å²) in [5.41, 5.74) is 0.0644. The van der Waals surface area contributed by atoms with Crippen LogP contribution in [0.2, 0.25) is 0 Å². The minimum absolute atomic E-state index is 0.0937. The molecule has 0 bridgehead atoms. The Morgan fingerprint density at radius 2 is 1.68 bits per heavy atom. The van der Waals surface area contributed by atoms with Crippen LogP contribution in [0.5, 0.6) is 0 Å². The van der Waals surface area contributed by atoms with Gasteiger partial charge in [-0.3, -0.25) is 24.0 Å². The zero-order valence-corrected chi connectivity index (χ0v) is 21.6. The molecule has 10 nitrogen and oxygen atoms in total. The zero-order chi connectivity index (χ0) is 27.9. The molecule has 2 amide bonds. The number of hydrogen-bond acceptors (Lipinski definition) is 6. The number of sulfonamides is 1. The molecule has 0 saturated heterocycles. The number of carbonyl (C=O) groups excluding carboxylic acids is 2. The number of halogens is 1. The van der Waals surface area contributed by atoms with Crippen molar-refractivity contribution in [3.05, 3.63) is 100 Å². The number of carbonyl (C=O) groups is 2. The Balaban J connectivity index is 2.05. The zero-order valence-electron chi connectivity index (χ0n) is 20.8. The first kappa shape index (κ1) is 28.3. The number of nitrogens with zero attached hydrogens (tertiary/aromatic N) is 3. The van der Waals surface area contributed by atoms with Crippen LogP contribution >= 0.6 is 0 Å². The summed E-state index contributed by atoms with van der Waals surface area (Å²) in [5.74, 6) is -1.68. The van der Waals surface area contributed by atoms with E-state index in [4.69, 9.17) is 0 Å². The van der Waals surface area contributed by atoms with Crippen molar-refractivity contribution in [1.82, 2.24) is 10.2 Å². The van der Waals surface area contributed by atoms with Crippen LogP contribution in [0.4, 0.5) is 15.8 Å². The number of amides is 2. The van der Waals surface area contributed by atoms with Crippen LogP contribution < -0.4 is 9.62 Å². The molecule has 0 aliphatic rings. The molecule has 0 heterocycles. The maximum Gasteiger partial charge on any atom is 0.271 e. The molecule has 12 heteroatoms. The molecule has 1 atom stereocenters. The lowest BCUT2D eigenvalue weighted by atomic mass is 10.1. The van der Waals surface area contributed by atoms with E-state index in [2.05, 4.69) is 5.32 Å². The molecule has 200 valence electrons. The number of nitro groups is 1. The lowest BCUT2D eigenvalue weighted by Gasteiger charge is -2.32. The highest BCUT2D eigenvalue weighted by Crippen LogP contribution is 2.27. The summed E-state index contributed by atoms with van der Waals surface area (Å²) in [4.78, 5) is 38.1. The topological polar surface area (TPSA) is 130 Å². The molecule has 3 rings (SSSR count). The van der Waals surface area contributed by atoms with Gasteiger partial charge in [0.25, 0.3) is 15.7 Å². The van der Waals surface area contributed by atoms with Gasteiger partial charge < -0.3 is 10.2 Å². The van der Waals surface area contributed by atoms with Crippen molar-refractivity contribution in [2.75, 3.05) is 17.4 Å². The number of hydrogen-bond donors (Lipinski definition) is 1. The van der Waals surface area contributed by atoms with Gasteiger partial charge in [-0.05, 0) is 49.7 Å². The standard InChI is InChI=1S/C26H27FN4O6S/c1-3-28-26(33)19(2)29(17-20-12-14-21(27)15-13-20)25(32)18-30(22-8-7-9-23(16-22)31(34)35)38(36,37)24-10-5-4-6-11-24/h4-16,19H,3,17-18H2,1-2H3,(H,28,33). The highest BCUT2D eigenvalue weighted by atomic mass is 32.2. The molecule has 0 aliphatic heterocycles. The molecular formula is C26H27FN4O6S. The van der Waals surface area contributed by atoms with Gasteiger partial charge in [0.15, 0.2) is 0 Å². The highest BCUT2D eigenvalue weighted by molar-refractivity contribution is 7.92. The summed E-state index contributed by atoms with van der Waals surface area (Å²) in [6, 6.07) is 16.6. The van der Waals surface area contributed by atoms with E-state index < -0.39 is 45.2 Å². The number of nitro benzene ring substituents is 1. The van der Waals surface area contributed by atoms with Gasteiger partial charge in [-0.1, -0.05) is 36.4 Å². The predicted molar refractivity (Wildman–Crippen MR) is 139 cm³/mol. The smallest absolute Gasteiger partial charge is 0.271 e. The molecule has 0 fully saturated rings. The summed E-state index contributed by atoms with van der Waals surface area (Å²) < 4.78 is 41.5. The van der Waals surface area contributed by atoms with Gasteiger partial charge in [0, 0.05) is 25.2 Å². The van der Waals surface area contributed by atoms with E-state index in [0.29, 0.717) is 12.1 Å². The largest absolute Gasteiger partial charge is 0.355 e. The first-order valence-corrected chi connectivity index (χ1v) is 13.1. The molecular weight excluding hydrogens is 515 g/mol. The van der Waals surface area contributed by atoms with Gasteiger partial charge in [0.1, 0.15) is 18.4 Å². The SMILES string of the molecule is CCNC(=O)C(C)N(Cc1ccc(F)cc1)C(=O)CN(c1cccc([N+](=O)[O-])c1)S(=O)(=O)c1ccccc1. The molecule has 1 unspecified atom stereocenters. The van der Waals surface area contributed by atoms with E-state index in [-0.39, 0.29) is 22.8 Å². The maximum atomic E-state index is 13.7. The van der Waals surface area contributed by atoms with E-state index in [9.17, 15) is 32.5 Å². The van der Waals surface area contributed by atoms with Crippen LogP contribution in [0, 0.1) is 15.9 Å². The Hall–Kier alpha value is -4.32. The fraction of sp³-hybridized carbons (Fsp3) is 0.231. The second-order valence-electron chi connectivity index (χ2n) is 8.32. The molecule has 3 aromatic carbocycles. The van der Waals surface area contributed by atoms with E-state index in [1.165, 1.54) is 78.6 Å². The Morgan fingerprint density at radius 3 is 2.29 bits per heavy atom. The average Bonchev–Trinajstić information content (AvgIpc) is 2.91. The van der Waals surface area contributed by atoms with Crippen LogP contribution in [0.25, 0.3) is 0 Å². The van der Waals surface area contributed by atoms with Crippen molar-refractivity contribution in [1.29, 1.82) is 0 Å². The van der Waals surface area contributed by atoms with Crippen molar-refractivity contribution in [3.8, 4) is 0 Å². The van der Waals surface area contributed by atoms with Gasteiger partial charge in [0.2, 0.25) is 11.8 Å². The summed E-state index contributed by atoms with van der Waals surface area (Å²) in [5, 5.41) is 14.0. The normalized spacial score (nSPS) is 11.9. The summed E-state index contributed by atoms with van der Waals surface area (Å²) in [7, 11) is -4.35. The minimum atomic E-state index is -4.35. The number of benzene rings is 3. The van der Waals surface area contributed by atoms with Crippen molar-refractivity contribution in [2.45, 2.75) is 31.3 Å². The first-order valence-electron chi connectivity index (χ1n) is 11.7. The van der Waals surface area contributed by atoms with Crippen molar-refractivity contribution in [2.24, 2.45) is 0 Å². The third-order valence-electron chi connectivity index (χ3n) is 5.72. The van der Waals surface area contributed by atoms with Crippen molar-refractivity contribution >= 4 is 33.2 Å². The Kier molecular flexibility index (Phi) is 9.13. The molecule has 0 saturated carbocycles. The minimum Gasteiger partial charge on any atom is -0.355 e. The number of rotatable bonds is 11. The van der Waals surface area contributed by atoms with E-state index in [1.54, 1.807) is 13.0 Å². The Labute approximate surface area is 219 Å². The molecule has 3 aromatic rings. The third kappa shape index (κ3) is 6.71. The van der Waals surface area contributed by atoms with Crippen LogP contribution in [0.1, 0.15) is 19.4 Å². The Bertz CT molecular complexity index is 1400. The van der Waals surface area contributed by atoms with Gasteiger partial charge in [-0.25, -0.2) is 12.8 Å². The van der Waals surface area contributed by atoms with Crippen LogP contribution in [-0.2, 0) is 26.2 Å². The summed E-state index contributed by atoms with van der Waals surface area (Å²) >= 11 is 0. The van der Waals surface area contributed by atoms with E-state index in [0.717, 1.165) is 10.4 Å². The molecule has 0 aliphatic carbocycles. The van der Waals surface area contributed by atoms with Crippen molar-refractivity contribution < 1.29 is 27.3 Å². The van der Waals surface area contributed by atoms with Gasteiger partial charge in [-0.15, -0.1) is 0 Å². The fourth-order valence-corrected chi connectivity index (χ4v) is 5.13.